The van der Waals surface area contributed by atoms with E-state index in [0.717, 1.165) is 28.1 Å². The van der Waals surface area contributed by atoms with Crippen molar-refractivity contribution in [2.24, 2.45) is 5.10 Å². The van der Waals surface area contributed by atoms with E-state index in [0.29, 0.717) is 0 Å². The van der Waals surface area contributed by atoms with Crippen LogP contribution in [-0.2, 0) is 0 Å². The molecule has 2 aromatic carbocycles. The van der Waals surface area contributed by atoms with E-state index in [2.05, 4.69) is 29.6 Å². The molecule has 1 aromatic heterocycles. The minimum Gasteiger partial charge on any atom is -0.455 e. The zero-order chi connectivity index (χ0) is 13.9. The number of hydrazone groups is 1. The number of nitrogens with one attached hydrogen (secondary N) is 1. The summed E-state index contributed by atoms with van der Waals surface area (Å²) in [6.45, 7) is 3.99. The molecule has 20 heavy (non-hydrogen) atoms. The van der Waals surface area contributed by atoms with Gasteiger partial charge in [0.1, 0.15) is 11.3 Å². The van der Waals surface area contributed by atoms with Crippen molar-refractivity contribution in [1.29, 1.82) is 0 Å². The fraction of sp³-hybridized carbons (Fsp3) is 0.118. The molecule has 0 aliphatic carbocycles. The summed E-state index contributed by atoms with van der Waals surface area (Å²) in [5, 5.41) is 5.46. The molecular weight excluding hydrogens is 248 g/mol. The van der Waals surface area contributed by atoms with E-state index in [9.17, 15) is 0 Å². The summed E-state index contributed by atoms with van der Waals surface area (Å²) < 4.78 is 5.77. The van der Waals surface area contributed by atoms with Crippen LogP contribution in [-0.4, -0.2) is 5.71 Å². The summed E-state index contributed by atoms with van der Waals surface area (Å²) in [6.07, 6.45) is 0. The molecule has 0 aliphatic heterocycles. The molecule has 1 N–H and O–H groups in total. The number of hydrogen-bond acceptors (Lipinski definition) is 3. The van der Waals surface area contributed by atoms with Crippen LogP contribution in [0.5, 0.6) is 0 Å². The third kappa shape index (κ3) is 2.57. The van der Waals surface area contributed by atoms with Crippen LogP contribution >= 0.6 is 0 Å². The fourth-order valence-electron chi connectivity index (χ4n) is 2.08. The molecule has 0 unspecified atom stereocenters. The zero-order valence-corrected chi connectivity index (χ0v) is 11.6. The maximum Gasteiger partial charge on any atom is 0.151 e. The number of benzene rings is 2. The Labute approximate surface area is 117 Å². The van der Waals surface area contributed by atoms with Crippen molar-refractivity contribution < 1.29 is 4.42 Å². The van der Waals surface area contributed by atoms with Gasteiger partial charge in [0, 0.05) is 5.39 Å². The van der Waals surface area contributed by atoms with Crippen molar-refractivity contribution in [3.05, 3.63) is 65.9 Å². The summed E-state index contributed by atoms with van der Waals surface area (Å²) in [5.41, 5.74) is 6.93. The second-order valence-electron chi connectivity index (χ2n) is 4.83. The van der Waals surface area contributed by atoms with E-state index in [1.807, 2.05) is 49.4 Å². The van der Waals surface area contributed by atoms with Gasteiger partial charge in [-0.25, -0.2) is 0 Å². The highest BCUT2D eigenvalue weighted by molar-refractivity contribution is 6.00. The van der Waals surface area contributed by atoms with Crippen molar-refractivity contribution in [3.8, 4) is 0 Å². The van der Waals surface area contributed by atoms with Crippen LogP contribution in [0.2, 0.25) is 0 Å². The van der Waals surface area contributed by atoms with E-state index in [1.165, 1.54) is 5.56 Å². The Morgan fingerprint density at radius 2 is 1.90 bits per heavy atom. The van der Waals surface area contributed by atoms with Gasteiger partial charge in [-0.3, -0.25) is 5.43 Å². The van der Waals surface area contributed by atoms with Gasteiger partial charge in [0.25, 0.3) is 0 Å². The van der Waals surface area contributed by atoms with Gasteiger partial charge >= 0.3 is 0 Å². The van der Waals surface area contributed by atoms with Crippen LogP contribution in [0, 0.1) is 6.92 Å². The Morgan fingerprint density at radius 3 is 2.70 bits per heavy atom. The van der Waals surface area contributed by atoms with Crippen LogP contribution in [0.4, 0.5) is 5.69 Å². The van der Waals surface area contributed by atoms with E-state index < -0.39 is 0 Å². The van der Waals surface area contributed by atoms with Gasteiger partial charge in [0.15, 0.2) is 5.76 Å². The molecule has 0 saturated carbocycles. The van der Waals surface area contributed by atoms with E-state index in [-0.39, 0.29) is 0 Å². The van der Waals surface area contributed by atoms with Gasteiger partial charge in [0.05, 0.1) is 5.69 Å². The minimum atomic E-state index is 0.784. The van der Waals surface area contributed by atoms with Crippen LogP contribution in [0.3, 0.4) is 0 Å². The maximum atomic E-state index is 5.77. The van der Waals surface area contributed by atoms with E-state index >= 15 is 0 Å². The summed E-state index contributed by atoms with van der Waals surface area (Å²) in [7, 11) is 0. The second-order valence-corrected chi connectivity index (χ2v) is 4.83. The number of aryl methyl sites for hydroxylation is 1. The molecule has 0 fully saturated rings. The Hall–Kier alpha value is -2.55. The topological polar surface area (TPSA) is 37.5 Å². The smallest absolute Gasteiger partial charge is 0.151 e. The highest BCUT2D eigenvalue weighted by Gasteiger charge is 2.05. The Kier molecular flexibility index (Phi) is 3.25. The van der Waals surface area contributed by atoms with Crippen molar-refractivity contribution in [2.45, 2.75) is 13.8 Å². The van der Waals surface area contributed by atoms with Gasteiger partial charge in [-0.15, -0.1) is 0 Å². The zero-order valence-electron chi connectivity index (χ0n) is 11.6. The third-order valence-corrected chi connectivity index (χ3v) is 3.15. The average molecular weight is 264 g/mol. The molecule has 1 heterocycles. The van der Waals surface area contributed by atoms with E-state index in [1.54, 1.807) is 0 Å². The van der Waals surface area contributed by atoms with Crippen LogP contribution < -0.4 is 5.43 Å². The predicted molar refractivity (Wildman–Crippen MR) is 83.2 cm³/mol. The molecule has 0 atom stereocenters. The lowest BCUT2D eigenvalue weighted by atomic mass is 10.2. The monoisotopic (exact) mass is 264 g/mol. The molecule has 0 radical (unpaired) electrons. The quantitative estimate of drug-likeness (QED) is 0.555. The molecule has 0 amide bonds. The van der Waals surface area contributed by atoms with Crippen LogP contribution in [0.15, 0.2) is 64.1 Å². The SMILES string of the molecule is C/C(=N/Nc1cccc(C)c1)c1cc2ccccc2o1. The molecule has 3 nitrogen and oxygen atoms in total. The molecule has 0 bridgehead atoms. The number of para-hydroxylation sites is 1. The number of nitrogens with zero attached hydrogens (tertiary/aromatic N) is 1. The summed E-state index contributed by atoms with van der Waals surface area (Å²) in [5.74, 6) is 0.784. The summed E-state index contributed by atoms with van der Waals surface area (Å²) >= 11 is 0. The van der Waals surface area contributed by atoms with Gasteiger partial charge in [-0.1, -0.05) is 30.3 Å². The summed E-state index contributed by atoms with van der Waals surface area (Å²) in [4.78, 5) is 0. The predicted octanol–water partition coefficient (Wildman–Crippen LogP) is 4.58. The Balaban J connectivity index is 1.84. The average Bonchev–Trinajstić information content (AvgIpc) is 2.89. The van der Waals surface area contributed by atoms with Crippen molar-refractivity contribution in [3.63, 3.8) is 0 Å². The highest BCUT2D eigenvalue weighted by atomic mass is 16.3. The normalized spacial score (nSPS) is 11.8. The minimum absolute atomic E-state index is 0.784. The van der Waals surface area contributed by atoms with Crippen molar-refractivity contribution >= 4 is 22.4 Å². The van der Waals surface area contributed by atoms with Gasteiger partial charge in [-0.2, -0.15) is 5.10 Å². The third-order valence-electron chi connectivity index (χ3n) is 3.15. The lowest BCUT2D eigenvalue weighted by Crippen LogP contribution is -1.98. The Morgan fingerprint density at radius 1 is 1.05 bits per heavy atom. The number of anilines is 1. The fourth-order valence-corrected chi connectivity index (χ4v) is 2.08. The molecule has 100 valence electrons. The molecule has 0 spiro atoms. The lowest BCUT2D eigenvalue weighted by Gasteiger charge is -2.02. The first-order valence-corrected chi connectivity index (χ1v) is 6.58. The Bertz CT molecular complexity index is 738. The largest absolute Gasteiger partial charge is 0.455 e. The molecular formula is C17H16N2O. The van der Waals surface area contributed by atoms with Crippen molar-refractivity contribution in [2.75, 3.05) is 5.43 Å². The molecule has 3 rings (SSSR count). The number of fused-ring (bicyclic) bond motifs is 1. The van der Waals surface area contributed by atoms with Crippen molar-refractivity contribution in [1.82, 2.24) is 0 Å². The standard InChI is InChI=1S/C17H16N2O/c1-12-6-5-8-15(10-12)19-18-13(2)17-11-14-7-3-4-9-16(14)20-17/h3-11,19H,1-2H3/b18-13-. The second kappa shape index (κ2) is 5.21. The number of hydrogen-bond donors (Lipinski definition) is 1. The first-order valence-electron chi connectivity index (χ1n) is 6.58. The molecule has 3 heteroatoms. The first kappa shape index (κ1) is 12.5. The molecule has 3 aromatic rings. The van der Waals surface area contributed by atoms with Gasteiger partial charge in [0.2, 0.25) is 0 Å². The molecule has 0 saturated heterocycles. The maximum absolute atomic E-state index is 5.77. The molecule has 0 aliphatic rings. The van der Waals surface area contributed by atoms with Crippen LogP contribution in [0.25, 0.3) is 11.0 Å². The number of furan rings is 1. The summed E-state index contributed by atoms with van der Waals surface area (Å²) in [6, 6.07) is 18.1. The van der Waals surface area contributed by atoms with E-state index in [4.69, 9.17) is 4.42 Å². The highest BCUT2D eigenvalue weighted by Crippen LogP contribution is 2.19. The number of rotatable bonds is 3. The first-order chi connectivity index (χ1) is 9.72. The van der Waals surface area contributed by atoms with Crippen LogP contribution in [0.1, 0.15) is 18.2 Å². The lowest BCUT2D eigenvalue weighted by molar-refractivity contribution is 0.604. The van der Waals surface area contributed by atoms with Gasteiger partial charge in [-0.05, 0) is 43.7 Å². The van der Waals surface area contributed by atoms with Gasteiger partial charge < -0.3 is 4.42 Å².